The van der Waals surface area contributed by atoms with Crippen molar-refractivity contribution in [2.45, 2.75) is 58.4 Å². The topological polar surface area (TPSA) is 87.1 Å². The van der Waals surface area contributed by atoms with Crippen LogP contribution in [0.5, 0.6) is 0 Å². The molecule has 1 aromatic rings. The molecular formula is C15H26N4O2. The minimum Gasteiger partial charge on any atom is -0.396 e. The SMILES string of the molecule is CCC(C)(CCO)NC(=O)Nc1cnc(C(C)(C)C)nc1. The molecule has 0 bridgehead atoms. The van der Waals surface area contributed by atoms with E-state index in [2.05, 4.69) is 20.6 Å². The van der Waals surface area contributed by atoms with E-state index in [1.54, 1.807) is 12.4 Å². The van der Waals surface area contributed by atoms with Crippen LogP contribution in [-0.2, 0) is 5.41 Å². The van der Waals surface area contributed by atoms with Crippen LogP contribution in [0.25, 0.3) is 0 Å². The lowest BCUT2D eigenvalue weighted by molar-refractivity contribution is 0.208. The molecule has 21 heavy (non-hydrogen) atoms. The lowest BCUT2D eigenvalue weighted by atomic mass is 9.95. The molecule has 2 amide bonds. The lowest BCUT2D eigenvalue weighted by Crippen LogP contribution is -2.48. The number of aromatic nitrogens is 2. The maximum Gasteiger partial charge on any atom is 0.319 e. The molecule has 0 aromatic carbocycles. The van der Waals surface area contributed by atoms with Gasteiger partial charge >= 0.3 is 6.03 Å². The van der Waals surface area contributed by atoms with Crippen LogP contribution in [0.15, 0.2) is 12.4 Å². The zero-order chi connectivity index (χ0) is 16.1. The van der Waals surface area contributed by atoms with E-state index < -0.39 is 5.54 Å². The number of carbonyl (C=O) groups is 1. The number of amides is 2. The van der Waals surface area contributed by atoms with Crippen molar-refractivity contribution in [1.82, 2.24) is 15.3 Å². The number of hydrogen-bond acceptors (Lipinski definition) is 4. The molecule has 1 heterocycles. The monoisotopic (exact) mass is 294 g/mol. The molecule has 0 spiro atoms. The largest absolute Gasteiger partial charge is 0.396 e. The normalized spacial score (nSPS) is 14.4. The van der Waals surface area contributed by atoms with E-state index in [9.17, 15) is 4.79 Å². The molecule has 0 aliphatic carbocycles. The number of aliphatic hydroxyl groups excluding tert-OH is 1. The number of carbonyl (C=O) groups excluding carboxylic acids is 1. The summed E-state index contributed by atoms with van der Waals surface area (Å²) < 4.78 is 0. The second kappa shape index (κ2) is 6.85. The first-order valence-electron chi connectivity index (χ1n) is 7.23. The molecule has 6 nitrogen and oxygen atoms in total. The molecule has 0 saturated heterocycles. The molecule has 1 unspecified atom stereocenters. The first kappa shape index (κ1) is 17.4. The molecule has 0 aliphatic heterocycles. The maximum absolute atomic E-state index is 12.0. The van der Waals surface area contributed by atoms with Gasteiger partial charge in [-0.1, -0.05) is 27.7 Å². The van der Waals surface area contributed by atoms with Crippen molar-refractivity contribution in [2.75, 3.05) is 11.9 Å². The van der Waals surface area contributed by atoms with Crippen molar-refractivity contribution in [2.24, 2.45) is 0 Å². The quantitative estimate of drug-likeness (QED) is 0.778. The number of nitrogens with zero attached hydrogens (tertiary/aromatic N) is 2. The third-order valence-electron chi connectivity index (χ3n) is 3.44. The van der Waals surface area contributed by atoms with Gasteiger partial charge < -0.3 is 15.7 Å². The number of nitrogens with one attached hydrogen (secondary N) is 2. The Labute approximate surface area is 126 Å². The van der Waals surface area contributed by atoms with Gasteiger partial charge in [0.2, 0.25) is 0 Å². The Morgan fingerprint density at radius 3 is 2.24 bits per heavy atom. The van der Waals surface area contributed by atoms with E-state index in [1.165, 1.54) is 0 Å². The smallest absolute Gasteiger partial charge is 0.319 e. The molecule has 1 rings (SSSR count). The van der Waals surface area contributed by atoms with Crippen LogP contribution in [0, 0.1) is 0 Å². The number of anilines is 1. The molecule has 0 fully saturated rings. The summed E-state index contributed by atoms with van der Waals surface area (Å²) in [5, 5.41) is 14.6. The van der Waals surface area contributed by atoms with Gasteiger partial charge in [0.1, 0.15) is 5.82 Å². The van der Waals surface area contributed by atoms with Gasteiger partial charge in [-0.15, -0.1) is 0 Å². The molecule has 0 aliphatic rings. The Hall–Kier alpha value is -1.69. The molecule has 0 saturated carbocycles. The predicted octanol–water partition coefficient (Wildman–Crippen LogP) is 2.45. The van der Waals surface area contributed by atoms with Gasteiger partial charge in [0.25, 0.3) is 0 Å². The van der Waals surface area contributed by atoms with Crippen molar-refractivity contribution in [3.8, 4) is 0 Å². The van der Waals surface area contributed by atoms with E-state index in [0.29, 0.717) is 12.1 Å². The Bertz CT molecular complexity index is 468. The summed E-state index contributed by atoms with van der Waals surface area (Å²) in [5.41, 5.74) is -0.00348. The second-order valence-electron chi connectivity index (χ2n) is 6.51. The van der Waals surface area contributed by atoms with Crippen LogP contribution in [0.1, 0.15) is 53.3 Å². The van der Waals surface area contributed by atoms with Gasteiger partial charge in [-0.3, -0.25) is 0 Å². The average Bonchev–Trinajstić information content (AvgIpc) is 2.38. The van der Waals surface area contributed by atoms with Crippen LogP contribution in [-0.4, -0.2) is 33.3 Å². The van der Waals surface area contributed by atoms with Gasteiger partial charge in [0.15, 0.2) is 0 Å². The third-order valence-corrected chi connectivity index (χ3v) is 3.44. The number of urea groups is 1. The van der Waals surface area contributed by atoms with Crippen LogP contribution in [0.3, 0.4) is 0 Å². The van der Waals surface area contributed by atoms with Crippen molar-refractivity contribution in [3.63, 3.8) is 0 Å². The molecule has 1 atom stereocenters. The average molecular weight is 294 g/mol. The Balaban J connectivity index is 2.67. The molecule has 118 valence electrons. The Morgan fingerprint density at radius 1 is 1.24 bits per heavy atom. The summed E-state index contributed by atoms with van der Waals surface area (Å²) in [4.78, 5) is 20.5. The molecular weight excluding hydrogens is 268 g/mol. The van der Waals surface area contributed by atoms with Crippen LogP contribution in [0.4, 0.5) is 10.5 Å². The van der Waals surface area contributed by atoms with Gasteiger partial charge in [-0.25, -0.2) is 14.8 Å². The second-order valence-corrected chi connectivity index (χ2v) is 6.51. The highest BCUT2D eigenvalue weighted by Crippen LogP contribution is 2.18. The van der Waals surface area contributed by atoms with Gasteiger partial charge in [0.05, 0.1) is 18.1 Å². The molecule has 6 heteroatoms. The van der Waals surface area contributed by atoms with Gasteiger partial charge in [-0.05, 0) is 19.8 Å². The Morgan fingerprint density at radius 2 is 1.81 bits per heavy atom. The van der Waals surface area contributed by atoms with Crippen LogP contribution < -0.4 is 10.6 Å². The van der Waals surface area contributed by atoms with Crippen LogP contribution in [0.2, 0.25) is 0 Å². The standard InChI is InChI=1S/C15H26N4O2/c1-6-15(5,7-8-20)19-13(21)18-11-9-16-12(17-10-11)14(2,3)4/h9-10,20H,6-8H2,1-5H3,(H2,18,19,21). The fourth-order valence-corrected chi connectivity index (χ4v) is 1.79. The zero-order valence-corrected chi connectivity index (χ0v) is 13.5. The van der Waals surface area contributed by atoms with Crippen molar-refractivity contribution < 1.29 is 9.90 Å². The number of aliphatic hydroxyl groups is 1. The van der Waals surface area contributed by atoms with Crippen molar-refractivity contribution in [3.05, 3.63) is 18.2 Å². The van der Waals surface area contributed by atoms with Gasteiger partial charge in [-0.2, -0.15) is 0 Å². The first-order chi connectivity index (χ1) is 9.70. The highest BCUT2D eigenvalue weighted by atomic mass is 16.3. The summed E-state index contributed by atoms with van der Waals surface area (Å²) in [6, 6.07) is -0.320. The first-order valence-corrected chi connectivity index (χ1v) is 7.23. The maximum atomic E-state index is 12.0. The van der Waals surface area contributed by atoms with Gasteiger partial charge in [0, 0.05) is 17.6 Å². The van der Waals surface area contributed by atoms with E-state index >= 15 is 0 Å². The van der Waals surface area contributed by atoms with E-state index in [4.69, 9.17) is 5.11 Å². The summed E-state index contributed by atoms with van der Waals surface area (Å²) in [7, 11) is 0. The Kier molecular flexibility index (Phi) is 5.66. The van der Waals surface area contributed by atoms with E-state index in [1.807, 2.05) is 34.6 Å². The van der Waals surface area contributed by atoms with Crippen molar-refractivity contribution in [1.29, 1.82) is 0 Å². The van der Waals surface area contributed by atoms with Crippen LogP contribution >= 0.6 is 0 Å². The predicted molar refractivity (Wildman–Crippen MR) is 83.3 cm³/mol. The van der Waals surface area contributed by atoms with Crippen molar-refractivity contribution >= 4 is 11.7 Å². The highest BCUT2D eigenvalue weighted by molar-refractivity contribution is 5.89. The lowest BCUT2D eigenvalue weighted by Gasteiger charge is -2.28. The van der Waals surface area contributed by atoms with E-state index in [-0.39, 0.29) is 18.1 Å². The summed E-state index contributed by atoms with van der Waals surface area (Å²) in [6.07, 6.45) is 4.45. The highest BCUT2D eigenvalue weighted by Gasteiger charge is 2.23. The zero-order valence-electron chi connectivity index (χ0n) is 13.5. The summed E-state index contributed by atoms with van der Waals surface area (Å²) >= 11 is 0. The minimum absolute atomic E-state index is 0.0357. The molecule has 3 N–H and O–H groups in total. The minimum atomic E-state index is -0.426. The fraction of sp³-hybridized carbons (Fsp3) is 0.667. The summed E-state index contributed by atoms with van der Waals surface area (Å²) in [6.45, 7) is 10.0. The number of rotatable bonds is 5. The fourth-order valence-electron chi connectivity index (χ4n) is 1.79. The third kappa shape index (κ3) is 5.30. The number of hydrogen-bond donors (Lipinski definition) is 3. The molecule has 1 aromatic heterocycles. The van der Waals surface area contributed by atoms with E-state index in [0.717, 1.165) is 12.2 Å². The summed E-state index contributed by atoms with van der Waals surface area (Å²) in [5.74, 6) is 0.729. The molecule has 0 radical (unpaired) electrons.